The number of aromatic nitrogens is 2. The highest BCUT2D eigenvalue weighted by atomic mass is 15.0. The Bertz CT molecular complexity index is 671. The molecule has 0 saturated carbocycles. The zero-order valence-corrected chi connectivity index (χ0v) is 12.8. The number of aryl methyl sites for hydroxylation is 1. The van der Waals surface area contributed by atoms with Crippen LogP contribution in [0, 0.1) is 18.3 Å². The van der Waals surface area contributed by atoms with E-state index in [1.54, 1.807) is 6.07 Å². The van der Waals surface area contributed by atoms with Gasteiger partial charge in [0.25, 0.3) is 0 Å². The van der Waals surface area contributed by atoms with Gasteiger partial charge in [0, 0.05) is 24.1 Å². The van der Waals surface area contributed by atoms with Crippen LogP contribution in [0.5, 0.6) is 0 Å². The molecule has 0 radical (unpaired) electrons. The lowest BCUT2D eigenvalue weighted by Crippen LogP contribution is -2.08. The Labute approximate surface area is 125 Å². The molecule has 0 saturated heterocycles. The molecule has 0 aliphatic heterocycles. The molecule has 0 bridgehead atoms. The maximum Gasteiger partial charge on any atom is 0.133 e. The van der Waals surface area contributed by atoms with E-state index in [0.717, 1.165) is 47.8 Å². The van der Waals surface area contributed by atoms with Gasteiger partial charge in [0.2, 0.25) is 0 Å². The van der Waals surface area contributed by atoms with E-state index >= 15 is 0 Å². The first-order valence-electron chi connectivity index (χ1n) is 7.31. The van der Waals surface area contributed by atoms with Gasteiger partial charge in [-0.05, 0) is 32.4 Å². The molecule has 1 heterocycles. The average molecular weight is 280 g/mol. The van der Waals surface area contributed by atoms with E-state index < -0.39 is 0 Å². The molecule has 2 aromatic rings. The van der Waals surface area contributed by atoms with Crippen molar-refractivity contribution in [1.82, 2.24) is 9.97 Å². The Morgan fingerprint density at radius 1 is 1.24 bits per heavy atom. The molecule has 0 spiro atoms. The summed E-state index contributed by atoms with van der Waals surface area (Å²) in [4.78, 5) is 9.28. The summed E-state index contributed by atoms with van der Waals surface area (Å²) in [6, 6.07) is 9.74. The minimum Gasteiger partial charge on any atom is -0.370 e. The maximum atomic E-state index is 9.06. The van der Waals surface area contributed by atoms with E-state index in [0.29, 0.717) is 5.56 Å². The van der Waals surface area contributed by atoms with Gasteiger partial charge in [-0.25, -0.2) is 9.97 Å². The second kappa shape index (κ2) is 6.85. The summed E-state index contributed by atoms with van der Waals surface area (Å²) in [5.74, 6) is 1.73. The molecule has 108 valence electrons. The molecule has 4 nitrogen and oxygen atoms in total. The van der Waals surface area contributed by atoms with Crippen LogP contribution >= 0.6 is 0 Å². The summed E-state index contributed by atoms with van der Waals surface area (Å²) < 4.78 is 0. The van der Waals surface area contributed by atoms with Gasteiger partial charge in [-0.1, -0.05) is 19.1 Å². The molecule has 21 heavy (non-hydrogen) atoms. The van der Waals surface area contributed by atoms with Crippen molar-refractivity contribution in [3.05, 3.63) is 41.2 Å². The Hall–Kier alpha value is -2.41. The molecule has 0 aliphatic rings. The lowest BCUT2D eigenvalue weighted by atomic mass is 10.0. The van der Waals surface area contributed by atoms with Crippen molar-refractivity contribution in [3.8, 4) is 17.3 Å². The highest BCUT2D eigenvalue weighted by molar-refractivity contribution is 5.69. The Morgan fingerprint density at radius 2 is 2.05 bits per heavy atom. The zero-order valence-electron chi connectivity index (χ0n) is 12.8. The number of hydrogen-bond donors (Lipinski definition) is 1. The van der Waals surface area contributed by atoms with Gasteiger partial charge in [0.15, 0.2) is 0 Å². The second-order valence-electron chi connectivity index (χ2n) is 4.93. The second-order valence-corrected chi connectivity index (χ2v) is 4.93. The number of anilines is 1. The fourth-order valence-electron chi connectivity index (χ4n) is 2.26. The van der Waals surface area contributed by atoms with Crippen LogP contribution in [0.25, 0.3) is 11.3 Å². The van der Waals surface area contributed by atoms with E-state index in [1.807, 2.05) is 25.1 Å². The molecule has 2 rings (SSSR count). The van der Waals surface area contributed by atoms with Crippen molar-refractivity contribution in [1.29, 1.82) is 5.26 Å². The van der Waals surface area contributed by atoms with Crippen molar-refractivity contribution in [2.45, 2.75) is 33.6 Å². The van der Waals surface area contributed by atoms with Crippen LogP contribution in [-0.4, -0.2) is 16.5 Å². The quantitative estimate of drug-likeness (QED) is 0.907. The van der Waals surface area contributed by atoms with Crippen LogP contribution < -0.4 is 5.32 Å². The Balaban J connectivity index is 2.57. The van der Waals surface area contributed by atoms with Crippen LogP contribution in [-0.2, 0) is 6.42 Å². The standard InChI is InChI=1S/C17H20N4/c1-4-7-15-20-16(12(3)17(21-15)19-5-2)14-9-6-8-13(10-14)11-18/h6,8-10H,4-5,7H2,1-3H3,(H,19,20,21). The van der Waals surface area contributed by atoms with Crippen LogP contribution in [0.1, 0.15) is 37.2 Å². The fourth-order valence-corrected chi connectivity index (χ4v) is 2.26. The van der Waals surface area contributed by atoms with Gasteiger partial charge in [-0.2, -0.15) is 5.26 Å². The molecule has 0 amide bonds. The van der Waals surface area contributed by atoms with E-state index in [1.165, 1.54) is 0 Å². The minimum absolute atomic E-state index is 0.646. The van der Waals surface area contributed by atoms with Crippen molar-refractivity contribution >= 4 is 5.82 Å². The fraction of sp³-hybridized carbons (Fsp3) is 0.353. The summed E-state index contributed by atoms with van der Waals surface area (Å²) in [5, 5.41) is 12.4. The summed E-state index contributed by atoms with van der Waals surface area (Å²) in [7, 11) is 0. The molecule has 0 aliphatic carbocycles. The first-order valence-corrected chi connectivity index (χ1v) is 7.31. The summed E-state index contributed by atoms with van der Waals surface area (Å²) >= 11 is 0. The van der Waals surface area contributed by atoms with Crippen LogP contribution in [0.15, 0.2) is 24.3 Å². The zero-order chi connectivity index (χ0) is 15.2. The predicted molar refractivity (Wildman–Crippen MR) is 85.1 cm³/mol. The molecule has 4 heteroatoms. The van der Waals surface area contributed by atoms with Gasteiger partial charge in [-0.15, -0.1) is 0 Å². The van der Waals surface area contributed by atoms with Crippen molar-refractivity contribution in [2.75, 3.05) is 11.9 Å². The third-order valence-corrected chi connectivity index (χ3v) is 3.28. The normalized spacial score (nSPS) is 10.2. The number of hydrogen-bond acceptors (Lipinski definition) is 4. The van der Waals surface area contributed by atoms with Gasteiger partial charge in [0.1, 0.15) is 11.6 Å². The Morgan fingerprint density at radius 3 is 2.71 bits per heavy atom. The van der Waals surface area contributed by atoms with Crippen LogP contribution in [0.4, 0.5) is 5.82 Å². The maximum absolute atomic E-state index is 9.06. The SMILES string of the molecule is CCCc1nc(NCC)c(C)c(-c2cccc(C#N)c2)n1. The largest absolute Gasteiger partial charge is 0.370 e. The number of nitrogens with one attached hydrogen (secondary N) is 1. The van der Waals surface area contributed by atoms with Gasteiger partial charge < -0.3 is 5.32 Å². The lowest BCUT2D eigenvalue weighted by molar-refractivity contribution is 0.833. The first-order chi connectivity index (χ1) is 10.2. The van der Waals surface area contributed by atoms with Crippen LogP contribution in [0.2, 0.25) is 0 Å². The number of benzene rings is 1. The molecule has 1 N–H and O–H groups in total. The van der Waals surface area contributed by atoms with E-state index in [2.05, 4.69) is 30.2 Å². The molecule has 1 aromatic heterocycles. The van der Waals surface area contributed by atoms with Crippen LogP contribution in [0.3, 0.4) is 0 Å². The smallest absolute Gasteiger partial charge is 0.133 e. The Kier molecular flexibility index (Phi) is 4.89. The number of rotatable bonds is 5. The monoisotopic (exact) mass is 280 g/mol. The number of nitriles is 1. The molecular weight excluding hydrogens is 260 g/mol. The molecule has 0 unspecified atom stereocenters. The number of nitrogens with zero attached hydrogens (tertiary/aromatic N) is 3. The highest BCUT2D eigenvalue weighted by Crippen LogP contribution is 2.26. The third-order valence-electron chi connectivity index (χ3n) is 3.28. The topological polar surface area (TPSA) is 61.6 Å². The van der Waals surface area contributed by atoms with Crippen molar-refractivity contribution in [3.63, 3.8) is 0 Å². The van der Waals surface area contributed by atoms with Gasteiger partial charge >= 0.3 is 0 Å². The summed E-state index contributed by atoms with van der Waals surface area (Å²) in [6.07, 6.45) is 1.86. The average Bonchev–Trinajstić information content (AvgIpc) is 2.51. The van der Waals surface area contributed by atoms with E-state index in [9.17, 15) is 0 Å². The predicted octanol–water partition coefficient (Wildman–Crippen LogP) is 3.71. The molecule has 1 aromatic carbocycles. The van der Waals surface area contributed by atoms with E-state index in [-0.39, 0.29) is 0 Å². The lowest BCUT2D eigenvalue weighted by Gasteiger charge is -2.13. The third kappa shape index (κ3) is 3.38. The first kappa shape index (κ1) is 15.0. The minimum atomic E-state index is 0.646. The molecule has 0 atom stereocenters. The van der Waals surface area contributed by atoms with Gasteiger partial charge in [0.05, 0.1) is 17.3 Å². The highest BCUT2D eigenvalue weighted by Gasteiger charge is 2.12. The summed E-state index contributed by atoms with van der Waals surface area (Å²) in [5.41, 5.74) is 3.53. The van der Waals surface area contributed by atoms with E-state index in [4.69, 9.17) is 10.2 Å². The van der Waals surface area contributed by atoms with Crippen molar-refractivity contribution in [2.24, 2.45) is 0 Å². The van der Waals surface area contributed by atoms with Crippen molar-refractivity contribution < 1.29 is 0 Å². The molecular formula is C17H20N4. The van der Waals surface area contributed by atoms with Gasteiger partial charge in [-0.3, -0.25) is 0 Å². The summed E-state index contributed by atoms with van der Waals surface area (Å²) in [6.45, 7) is 7.01. The molecule has 0 fully saturated rings.